The molecule has 2 aromatic carbocycles. The highest BCUT2D eigenvalue weighted by Gasteiger charge is 2.06. The first-order chi connectivity index (χ1) is 9.56. The van der Waals surface area contributed by atoms with E-state index in [9.17, 15) is 4.79 Å². The molecule has 0 radical (unpaired) electrons. The summed E-state index contributed by atoms with van der Waals surface area (Å²) in [5.41, 5.74) is 9.49. The van der Waals surface area contributed by atoms with Gasteiger partial charge in [0, 0.05) is 16.3 Å². The maximum atomic E-state index is 12.0. The van der Waals surface area contributed by atoms with Gasteiger partial charge >= 0.3 is 0 Å². The topological polar surface area (TPSA) is 55.1 Å². The number of nitrogens with one attached hydrogen (secondary N) is 1. The minimum Gasteiger partial charge on any atom is -0.399 e. The van der Waals surface area contributed by atoms with Crippen molar-refractivity contribution in [2.45, 2.75) is 18.7 Å². The van der Waals surface area contributed by atoms with Gasteiger partial charge in [0.25, 0.3) is 0 Å². The molecule has 0 aliphatic rings. The number of para-hydroxylation sites is 1. The van der Waals surface area contributed by atoms with Crippen molar-refractivity contribution < 1.29 is 4.79 Å². The molecule has 0 aliphatic heterocycles. The van der Waals surface area contributed by atoms with E-state index in [2.05, 4.69) is 5.32 Å². The normalized spacial score (nSPS) is 10.3. The molecule has 4 heteroatoms. The largest absolute Gasteiger partial charge is 0.399 e. The van der Waals surface area contributed by atoms with Crippen LogP contribution < -0.4 is 11.1 Å². The predicted octanol–water partition coefficient (Wildman–Crippen LogP) is 3.62. The highest BCUT2D eigenvalue weighted by molar-refractivity contribution is 8.00. The Labute approximate surface area is 123 Å². The standard InChI is InChI=1S/C16H18N2OS/c1-11-5-3-4-6-14(11)18-16(19)10-20-15-8-7-13(17)9-12(15)2/h3-9H,10,17H2,1-2H3,(H,18,19). The number of benzene rings is 2. The third kappa shape index (κ3) is 3.78. The molecule has 0 aromatic heterocycles. The van der Waals surface area contributed by atoms with Gasteiger partial charge in [0.05, 0.1) is 5.75 Å². The van der Waals surface area contributed by atoms with Crippen molar-refractivity contribution in [1.82, 2.24) is 0 Å². The van der Waals surface area contributed by atoms with Gasteiger partial charge in [-0.3, -0.25) is 4.79 Å². The van der Waals surface area contributed by atoms with Gasteiger partial charge in [-0.05, 0) is 49.2 Å². The van der Waals surface area contributed by atoms with Crippen molar-refractivity contribution in [3.63, 3.8) is 0 Å². The molecule has 20 heavy (non-hydrogen) atoms. The van der Waals surface area contributed by atoms with Crippen molar-refractivity contribution in [2.75, 3.05) is 16.8 Å². The zero-order valence-electron chi connectivity index (χ0n) is 11.6. The number of amides is 1. The van der Waals surface area contributed by atoms with Gasteiger partial charge in [-0.25, -0.2) is 0 Å². The van der Waals surface area contributed by atoms with E-state index in [-0.39, 0.29) is 5.91 Å². The van der Waals surface area contributed by atoms with Crippen LogP contribution in [0.15, 0.2) is 47.4 Å². The quantitative estimate of drug-likeness (QED) is 0.667. The Morgan fingerprint density at radius 1 is 1.15 bits per heavy atom. The lowest BCUT2D eigenvalue weighted by Crippen LogP contribution is -2.14. The third-order valence-electron chi connectivity index (χ3n) is 2.98. The summed E-state index contributed by atoms with van der Waals surface area (Å²) in [5.74, 6) is 0.388. The fourth-order valence-electron chi connectivity index (χ4n) is 1.88. The van der Waals surface area contributed by atoms with E-state index in [1.165, 1.54) is 11.8 Å². The van der Waals surface area contributed by atoms with Gasteiger partial charge in [-0.15, -0.1) is 11.8 Å². The fourth-order valence-corrected chi connectivity index (χ4v) is 2.69. The number of nitrogens with two attached hydrogens (primary N) is 1. The summed E-state index contributed by atoms with van der Waals surface area (Å²) in [5, 5.41) is 2.93. The Bertz CT molecular complexity index is 626. The Morgan fingerprint density at radius 2 is 1.90 bits per heavy atom. The molecule has 3 nitrogen and oxygen atoms in total. The summed E-state index contributed by atoms with van der Waals surface area (Å²) in [6.45, 7) is 3.98. The SMILES string of the molecule is Cc1ccccc1NC(=O)CSc1ccc(N)cc1C. The van der Waals surface area contributed by atoms with E-state index in [1.54, 1.807) is 0 Å². The maximum absolute atomic E-state index is 12.0. The highest BCUT2D eigenvalue weighted by Crippen LogP contribution is 2.24. The molecule has 0 atom stereocenters. The summed E-state index contributed by atoms with van der Waals surface area (Å²) >= 11 is 1.52. The third-order valence-corrected chi connectivity index (χ3v) is 4.15. The number of anilines is 2. The Balaban J connectivity index is 1.94. The second kappa shape index (κ2) is 6.48. The molecule has 1 amide bonds. The average molecular weight is 286 g/mol. The molecule has 104 valence electrons. The monoisotopic (exact) mass is 286 g/mol. The summed E-state index contributed by atoms with van der Waals surface area (Å²) in [4.78, 5) is 13.0. The zero-order valence-corrected chi connectivity index (χ0v) is 12.5. The van der Waals surface area contributed by atoms with Crippen LogP contribution in [0.1, 0.15) is 11.1 Å². The minimum absolute atomic E-state index is 0.000486. The van der Waals surface area contributed by atoms with Crippen molar-refractivity contribution in [1.29, 1.82) is 0 Å². The van der Waals surface area contributed by atoms with E-state index >= 15 is 0 Å². The molecule has 0 aliphatic carbocycles. The van der Waals surface area contributed by atoms with Gasteiger partial charge in [-0.2, -0.15) is 0 Å². The Morgan fingerprint density at radius 3 is 2.60 bits per heavy atom. The number of rotatable bonds is 4. The molecule has 2 aromatic rings. The molecular weight excluding hydrogens is 268 g/mol. The number of hydrogen-bond acceptors (Lipinski definition) is 3. The van der Waals surface area contributed by atoms with Gasteiger partial charge < -0.3 is 11.1 Å². The summed E-state index contributed by atoms with van der Waals surface area (Å²) in [6.07, 6.45) is 0. The van der Waals surface area contributed by atoms with E-state index in [1.807, 2.05) is 56.3 Å². The first kappa shape index (κ1) is 14.5. The molecule has 0 spiro atoms. The fraction of sp³-hybridized carbons (Fsp3) is 0.188. The van der Waals surface area contributed by atoms with Crippen LogP contribution in [0.3, 0.4) is 0 Å². The molecule has 0 bridgehead atoms. The van der Waals surface area contributed by atoms with Crippen LogP contribution in [0.2, 0.25) is 0 Å². The van der Waals surface area contributed by atoms with Gasteiger partial charge in [0.1, 0.15) is 0 Å². The molecule has 0 heterocycles. The molecule has 0 unspecified atom stereocenters. The average Bonchev–Trinajstić information content (AvgIpc) is 2.40. The minimum atomic E-state index is 0.000486. The van der Waals surface area contributed by atoms with Crippen LogP contribution in [-0.2, 0) is 4.79 Å². The van der Waals surface area contributed by atoms with E-state index in [4.69, 9.17) is 5.73 Å². The van der Waals surface area contributed by atoms with Gasteiger partial charge in [0.2, 0.25) is 5.91 Å². The second-order valence-electron chi connectivity index (χ2n) is 4.68. The van der Waals surface area contributed by atoms with E-state index < -0.39 is 0 Å². The summed E-state index contributed by atoms with van der Waals surface area (Å²) in [7, 11) is 0. The van der Waals surface area contributed by atoms with Crippen LogP contribution in [-0.4, -0.2) is 11.7 Å². The number of carbonyl (C=O) groups is 1. The van der Waals surface area contributed by atoms with Crippen LogP contribution in [0.25, 0.3) is 0 Å². The van der Waals surface area contributed by atoms with Crippen LogP contribution in [0.5, 0.6) is 0 Å². The lowest BCUT2D eigenvalue weighted by molar-refractivity contribution is -0.113. The molecule has 0 saturated heterocycles. The molecule has 2 rings (SSSR count). The predicted molar refractivity (Wildman–Crippen MR) is 86.1 cm³/mol. The number of nitrogen functional groups attached to an aromatic ring is 1. The van der Waals surface area contributed by atoms with Gasteiger partial charge in [0.15, 0.2) is 0 Å². The number of carbonyl (C=O) groups excluding carboxylic acids is 1. The van der Waals surface area contributed by atoms with Crippen LogP contribution in [0.4, 0.5) is 11.4 Å². The number of aryl methyl sites for hydroxylation is 2. The van der Waals surface area contributed by atoms with E-state index in [0.29, 0.717) is 5.75 Å². The van der Waals surface area contributed by atoms with Crippen LogP contribution >= 0.6 is 11.8 Å². The lowest BCUT2D eigenvalue weighted by Gasteiger charge is -2.09. The summed E-state index contributed by atoms with van der Waals surface area (Å²) < 4.78 is 0. The molecule has 3 N–H and O–H groups in total. The Hall–Kier alpha value is -1.94. The molecule has 0 fully saturated rings. The molecular formula is C16H18N2OS. The second-order valence-corrected chi connectivity index (χ2v) is 5.69. The van der Waals surface area contributed by atoms with Crippen molar-refractivity contribution in [3.05, 3.63) is 53.6 Å². The number of thioether (sulfide) groups is 1. The van der Waals surface area contributed by atoms with E-state index in [0.717, 1.165) is 27.4 Å². The van der Waals surface area contributed by atoms with Crippen molar-refractivity contribution >= 4 is 29.0 Å². The molecule has 0 saturated carbocycles. The summed E-state index contributed by atoms with van der Waals surface area (Å²) in [6, 6.07) is 13.5. The van der Waals surface area contributed by atoms with Gasteiger partial charge in [-0.1, -0.05) is 18.2 Å². The van der Waals surface area contributed by atoms with Crippen molar-refractivity contribution in [2.24, 2.45) is 0 Å². The maximum Gasteiger partial charge on any atom is 0.234 e. The highest BCUT2D eigenvalue weighted by atomic mass is 32.2. The zero-order chi connectivity index (χ0) is 14.5. The first-order valence-electron chi connectivity index (χ1n) is 6.40. The first-order valence-corrected chi connectivity index (χ1v) is 7.39. The van der Waals surface area contributed by atoms with Crippen molar-refractivity contribution in [3.8, 4) is 0 Å². The van der Waals surface area contributed by atoms with Crippen LogP contribution in [0, 0.1) is 13.8 Å². The number of hydrogen-bond donors (Lipinski definition) is 2. The lowest BCUT2D eigenvalue weighted by atomic mass is 10.2. The Kier molecular flexibility index (Phi) is 4.69. The smallest absolute Gasteiger partial charge is 0.234 e.